The number of aromatic nitrogens is 1. The van der Waals surface area contributed by atoms with Gasteiger partial charge in [-0.1, -0.05) is 31.0 Å². The van der Waals surface area contributed by atoms with Gasteiger partial charge in [-0.2, -0.15) is 0 Å². The quantitative estimate of drug-likeness (QED) is 0.748. The lowest BCUT2D eigenvalue weighted by atomic mass is 10.0. The minimum Gasteiger partial charge on any atom is -0.361 e. The fourth-order valence-electron chi connectivity index (χ4n) is 2.68. The molecule has 0 amide bonds. The van der Waals surface area contributed by atoms with Gasteiger partial charge in [0, 0.05) is 23.1 Å². The van der Waals surface area contributed by atoms with Crippen LogP contribution in [0.4, 0.5) is 0 Å². The SMILES string of the molecule is c1ccc2c(C3CCCCCN3)c[nH]c2c1. The Bertz CT molecular complexity index is 464. The van der Waals surface area contributed by atoms with Gasteiger partial charge in [-0.15, -0.1) is 0 Å². The van der Waals surface area contributed by atoms with Crippen LogP contribution in [-0.2, 0) is 0 Å². The van der Waals surface area contributed by atoms with E-state index in [9.17, 15) is 0 Å². The first-order valence-electron chi connectivity index (χ1n) is 6.24. The summed E-state index contributed by atoms with van der Waals surface area (Å²) in [5.74, 6) is 0. The number of nitrogens with one attached hydrogen (secondary N) is 2. The van der Waals surface area contributed by atoms with Crippen LogP contribution >= 0.6 is 0 Å². The number of fused-ring (bicyclic) bond motifs is 1. The average molecular weight is 214 g/mol. The third-order valence-corrected chi connectivity index (χ3v) is 3.56. The van der Waals surface area contributed by atoms with E-state index < -0.39 is 0 Å². The third kappa shape index (κ3) is 1.74. The third-order valence-electron chi connectivity index (χ3n) is 3.56. The highest BCUT2D eigenvalue weighted by molar-refractivity contribution is 5.83. The van der Waals surface area contributed by atoms with Crippen LogP contribution in [0.15, 0.2) is 30.5 Å². The molecule has 0 spiro atoms. The van der Waals surface area contributed by atoms with Crippen molar-refractivity contribution in [3.05, 3.63) is 36.0 Å². The van der Waals surface area contributed by atoms with Gasteiger partial charge in [0.1, 0.15) is 0 Å². The Morgan fingerprint density at radius 1 is 1.06 bits per heavy atom. The second-order valence-electron chi connectivity index (χ2n) is 4.65. The van der Waals surface area contributed by atoms with Gasteiger partial charge in [0.15, 0.2) is 0 Å². The van der Waals surface area contributed by atoms with Crippen molar-refractivity contribution in [3.63, 3.8) is 0 Å². The average Bonchev–Trinajstić information content (AvgIpc) is 2.57. The molecule has 1 aliphatic heterocycles. The molecule has 0 saturated carbocycles. The van der Waals surface area contributed by atoms with E-state index >= 15 is 0 Å². The van der Waals surface area contributed by atoms with Crippen molar-refractivity contribution in [2.45, 2.75) is 31.7 Å². The molecule has 1 atom stereocenters. The first-order chi connectivity index (χ1) is 7.95. The van der Waals surface area contributed by atoms with Crippen LogP contribution in [-0.4, -0.2) is 11.5 Å². The van der Waals surface area contributed by atoms with Gasteiger partial charge in [-0.3, -0.25) is 0 Å². The van der Waals surface area contributed by atoms with Crippen LogP contribution in [0.2, 0.25) is 0 Å². The van der Waals surface area contributed by atoms with E-state index in [0.717, 1.165) is 6.54 Å². The summed E-state index contributed by atoms with van der Waals surface area (Å²) in [4.78, 5) is 3.37. The molecule has 1 aromatic heterocycles. The lowest BCUT2D eigenvalue weighted by Crippen LogP contribution is -2.19. The van der Waals surface area contributed by atoms with Crippen LogP contribution in [0, 0.1) is 0 Å². The molecule has 2 heteroatoms. The van der Waals surface area contributed by atoms with Crippen LogP contribution in [0.3, 0.4) is 0 Å². The van der Waals surface area contributed by atoms with Gasteiger partial charge in [-0.25, -0.2) is 0 Å². The zero-order valence-electron chi connectivity index (χ0n) is 9.50. The minimum absolute atomic E-state index is 0.540. The molecule has 2 heterocycles. The summed E-state index contributed by atoms with van der Waals surface area (Å²) in [5.41, 5.74) is 2.70. The first kappa shape index (κ1) is 9.91. The van der Waals surface area contributed by atoms with E-state index in [1.165, 1.54) is 42.1 Å². The molecular weight excluding hydrogens is 196 g/mol. The molecule has 16 heavy (non-hydrogen) atoms. The summed E-state index contributed by atoms with van der Waals surface area (Å²) in [5, 5.41) is 5.03. The van der Waals surface area contributed by atoms with Crippen molar-refractivity contribution >= 4 is 10.9 Å². The number of rotatable bonds is 1. The van der Waals surface area contributed by atoms with Crippen molar-refractivity contribution < 1.29 is 0 Å². The van der Waals surface area contributed by atoms with E-state index in [-0.39, 0.29) is 0 Å². The lowest BCUT2D eigenvalue weighted by Gasteiger charge is -2.14. The van der Waals surface area contributed by atoms with Gasteiger partial charge >= 0.3 is 0 Å². The zero-order valence-corrected chi connectivity index (χ0v) is 9.50. The Morgan fingerprint density at radius 3 is 3.00 bits per heavy atom. The normalized spacial score (nSPS) is 22.1. The predicted octanol–water partition coefficient (Wildman–Crippen LogP) is 3.37. The summed E-state index contributed by atoms with van der Waals surface area (Å²) in [6.45, 7) is 1.16. The molecule has 1 unspecified atom stereocenters. The highest BCUT2D eigenvalue weighted by atomic mass is 14.9. The smallest absolute Gasteiger partial charge is 0.0457 e. The van der Waals surface area contributed by atoms with Crippen LogP contribution < -0.4 is 5.32 Å². The Kier molecular flexibility index (Phi) is 2.66. The summed E-state index contributed by atoms with van der Waals surface area (Å²) in [6.07, 6.45) is 7.47. The predicted molar refractivity (Wildman–Crippen MR) is 67.5 cm³/mol. The standard InChI is InChI=1S/C14H18N2/c1-2-7-14(15-9-5-1)12-10-16-13-8-4-3-6-11(12)13/h3-4,6,8,10,14-16H,1-2,5,7,9H2. The monoisotopic (exact) mass is 214 g/mol. The van der Waals surface area contributed by atoms with Crippen LogP contribution in [0.1, 0.15) is 37.3 Å². The van der Waals surface area contributed by atoms with Crippen LogP contribution in [0.25, 0.3) is 10.9 Å². The second-order valence-corrected chi connectivity index (χ2v) is 4.65. The van der Waals surface area contributed by atoms with Crippen molar-refractivity contribution in [3.8, 4) is 0 Å². The van der Waals surface area contributed by atoms with Crippen molar-refractivity contribution in [2.75, 3.05) is 6.54 Å². The van der Waals surface area contributed by atoms with Gasteiger partial charge in [0.25, 0.3) is 0 Å². The highest BCUT2D eigenvalue weighted by Gasteiger charge is 2.16. The Morgan fingerprint density at radius 2 is 2.00 bits per heavy atom. The molecule has 0 aliphatic carbocycles. The second kappa shape index (κ2) is 4.30. The first-order valence-corrected chi connectivity index (χ1v) is 6.24. The van der Waals surface area contributed by atoms with Gasteiger partial charge in [0.05, 0.1) is 0 Å². The topological polar surface area (TPSA) is 27.8 Å². The fourth-order valence-corrected chi connectivity index (χ4v) is 2.68. The highest BCUT2D eigenvalue weighted by Crippen LogP contribution is 2.28. The van der Waals surface area contributed by atoms with Gasteiger partial charge in [0.2, 0.25) is 0 Å². The molecule has 0 bridgehead atoms. The summed E-state index contributed by atoms with van der Waals surface area (Å²) >= 11 is 0. The molecule has 2 nitrogen and oxygen atoms in total. The van der Waals surface area contributed by atoms with E-state index in [4.69, 9.17) is 0 Å². The minimum atomic E-state index is 0.540. The molecule has 2 N–H and O–H groups in total. The number of benzene rings is 1. The van der Waals surface area contributed by atoms with Gasteiger partial charge < -0.3 is 10.3 Å². The Hall–Kier alpha value is -1.28. The maximum absolute atomic E-state index is 3.66. The Balaban J connectivity index is 1.97. The van der Waals surface area contributed by atoms with E-state index in [1.807, 2.05) is 0 Å². The summed E-state index contributed by atoms with van der Waals surface area (Å²) in [6, 6.07) is 9.11. The fraction of sp³-hybridized carbons (Fsp3) is 0.429. The maximum atomic E-state index is 3.66. The number of para-hydroxylation sites is 1. The summed E-state index contributed by atoms with van der Waals surface area (Å²) in [7, 11) is 0. The van der Waals surface area contributed by atoms with Crippen molar-refractivity contribution in [2.24, 2.45) is 0 Å². The van der Waals surface area contributed by atoms with Crippen molar-refractivity contribution in [1.82, 2.24) is 10.3 Å². The largest absolute Gasteiger partial charge is 0.361 e. The number of aromatic amines is 1. The number of hydrogen-bond donors (Lipinski definition) is 2. The molecule has 84 valence electrons. The molecular formula is C14H18N2. The molecule has 1 aromatic carbocycles. The molecule has 2 aromatic rings. The number of hydrogen-bond acceptors (Lipinski definition) is 1. The van der Waals surface area contributed by atoms with Gasteiger partial charge in [-0.05, 0) is 31.0 Å². The lowest BCUT2D eigenvalue weighted by molar-refractivity contribution is 0.538. The maximum Gasteiger partial charge on any atom is 0.0457 e. The molecule has 0 radical (unpaired) electrons. The molecule has 1 saturated heterocycles. The van der Waals surface area contributed by atoms with Crippen molar-refractivity contribution in [1.29, 1.82) is 0 Å². The molecule has 1 aliphatic rings. The summed E-state index contributed by atoms with van der Waals surface area (Å²) < 4.78 is 0. The Labute approximate surface area is 96.1 Å². The number of H-pyrrole nitrogens is 1. The van der Waals surface area contributed by atoms with E-state index in [2.05, 4.69) is 40.8 Å². The molecule has 1 fully saturated rings. The van der Waals surface area contributed by atoms with E-state index in [0.29, 0.717) is 6.04 Å². The molecule has 3 rings (SSSR count). The van der Waals surface area contributed by atoms with E-state index in [1.54, 1.807) is 0 Å². The van der Waals surface area contributed by atoms with Crippen LogP contribution in [0.5, 0.6) is 0 Å². The zero-order chi connectivity index (χ0) is 10.8.